The normalized spacial score (nSPS) is 11.8. The Kier molecular flexibility index (Phi) is 6.42. The molecule has 0 aliphatic heterocycles. The Hall–Kier alpha value is -7.07. The predicted molar refractivity (Wildman–Crippen MR) is 218 cm³/mol. The van der Waals surface area contributed by atoms with Crippen LogP contribution in [0, 0.1) is 11.3 Å². The first-order valence-electron chi connectivity index (χ1n) is 17.5. The molecule has 0 radical (unpaired) electrons. The Bertz CT molecular complexity index is 3230. The molecule has 0 fully saturated rings. The van der Waals surface area contributed by atoms with Crippen LogP contribution in [0.5, 0.6) is 0 Å². The number of thiophene rings is 1. The molecule has 11 rings (SSSR count). The van der Waals surface area contributed by atoms with Gasteiger partial charge in [0.05, 0.1) is 39.1 Å². The van der Waals surface area contributed by atoms with Gasteiger partial charge in [-0.15, -0.1) is 11.3 Å². The summed E-state index contributed by atoms with van der Waals surface area (Å²) in [6.45, 7) is 0. The standard InChI is InChI=1S/C47H26N4OS/c48-27-35-43(28-13-3-1-4-14-28)49-47(50-44(35)29-15-5-2-6-16-29)34-24-26-37(41-33-19-8-11-21-39(33)52-45(34)41)51-36-20-10-7-18-32(36)42-38(51)25-23-31-30-17-9-12-22-40(30)53-46(31)42/h1-26H. The lowest BCUT2D eigenvalue weighted by molar-refractivity contribution is 0.669. The second kappa shape index (κ2) is 11.5. The quantitative estimate of drug-likeness (QED) is 0.184. The maximum Gasteiger partial charge on any atom is 0.164 e. The van der Waals surface area contributed by atoms with Crippen molar-refractivity contribution < 1.29 is 4.42 Å². The van der Waals surface area contributed by atoms with Gasteiger partial charge in [-0.2, -0.15) is 5.26 Å². The van der Waals surface area contributed by atoms with Crippen LogP contribution in [-0.4, -0.2) is 14.5 Å². The van der Waals surface area contributed by atoms with E-state index in [4.69, 9.17) is 14.4 Å². The number of nitriles is 1. The van der Waals surface area contributed by atoms with Crippen molar-refractivity contribution in [2.45, 2.75) is 0 Å². The van der Waals surface area contributed by atoms with Crippen molar-refractivity contribution in [2.75, 3.05) is 0 Å². The van der Waals surface area contributed by atoms with Gasteiger partial charge in [-0.25, -0.2) is 9.97 Å². The number of hydrogen-bond donors (Lipinski definition) is 0. The zero-order chi connectivity index (χ0) is 35.0. The Labute approximate surface area is 307 Å². The van der Waals surface area contributed by atoms with E-state index in [-0.39, 0.29) is 0 Å². The molecule has 0 saturated heterocycles. The maximum absolute atomic E-state index is 10.5. The molecule has 5 nitrogen and oxygen atoms in total. The van der Waals surface area contributed by atoms with Gasteiger partial charge in [-0.1, -0.05) is 121 Å². The van der Waals surface area contributed by atoms with Crippen LogP contribution in [0.15, 0.2) is 162 Å². The molecule has 0 unspecified atom stereocenters. The van der Waals surface area contributed by atoms with Crippen molar-refractivity contribution in [3.63, 3.8) is 0 Å². The molecule has 53 heavy (non-hydrogen) atoms. The fourth-order valence-corrected chi connectivity index (χ4v) is 9.22. The number of furan rings is 1. The lowest BCUT2D eigenvalue weighted by atomic mass is 9.99. The highest BCUT2D eigenvalue weighted by Crippen LogP contribution is 2.46. The lowest BCUT2D eigenvalue weighted by Crippen LogP contribution is -2.02. The Balaban J connectivity index is 1.24. The van der Waals surface area contributed by atoms with E-state index in [9.17, 15) is 5.26 Å². The summed E-state index contributed by atoms with van der Waals surface area (Å²) in [6, 6.07) is 56.5. The topological polar surface area (TPSA) is 67.6 Å². The summed E-state index contributed by atoms with van der Waals surface area (Å²) in [4.78, 5) is 10.3. The smallest absolute Gasteiger partial charge is 0.164 e. The zero-order valence-electron chi connectivity index (χ0n) is 28.1. The van der Waals surface area contributed by atoms with E-state index in [1.54, 1.807) is 0 Å². The van der Waals surface area contributed by atoms with Crippen molar-refractivity contribution in [3.8, 4) is 45.7 Å². The van der Waals surface area contributed by atoms with Gasteiger partial charge in [-0.3, -0.25) is 0 Å². The van der Waals surface area contributed by atoms with Crippen molar-refractivity contribution in [3.05, 3.63) is 163 Å². The fraction of sp³-hybridized carbons (Fsp3) is 0. The van der Waals surface area contributed by atoms with E-state index < -0.39 is 0 Å². The molecule has 0 spiro atoms. The number of hydrogen-bond acceptors (Lipinski definition) is 5. The van der Waals surface area contributed by atoms with Gasteiger partial charge >= 0.3 is 0 Å². The number of aromatic nitrogens is 3. The summed E-state index contributed by atoms with van der Waals surface area (Å²) in [7, 11) is 0. The molecule has 0 amide bonds. The van der Waals surface area contributed by atoms with E-state index in [0.717, 1.165) is 49.8 Å². The van der Waals surface area contributed by atoms with E-state index in [0.29, 0.717) is 28.4 Å². The largest absolute Gasteiger partial charge is 0.455 e. The molecule has 0 aliphatic rings. The minimum absolute atomic E-state index is 0.432. The van der Waals surface area contributed by atoms with Gasteiger partial charge in [0.25, 0.3) is 0 Å². The Morgan fingerprint density at radius 1 is 0.547 bits per heavy atom. The van der Waals surface area contributed by atoms with Gasteiger partial charge in [0.1, 0.15) is 22.8 Å². The van der Waals surface area contributed by atoms with Gasteiger partial charge in [0.2, 0.25) is 0 Å². The van der Waals surface area contributed by atoms with Crippen LogP contribution in [0.4, 0.5) is 0 Å². The first-order chi connectivity index (χ1) is 26.3. The molecule has 0 saturated carbocycles. The summed E-state index contributed by atoms with van der Waals surface area (Å²) in [6.07, 6.45) is 0. The minimum Gasteiger partial charge on any atom is -0.455 e. The number of nitrogens with zero attached hydrogens (tertiary/aromatic N) is 4. The van der Waals surface area contributed by atoms with Crippen LogP contribution in [0.2, 0.25) is 0 Å². The molecule has 0 atom stereocenters. The van der Waals surface area contributed by atoms with E-state index in [1.165, 1.54) is 30.9 Å². The fourth-order valence-electron chi connectivity index (χ4n) is 7.96. The molecule has 4 aromatic heterocycles. The first-order valence-corrected chi connectivity index (χ1v) is 18.3. The van der Waals surface area contributed by atoms with Crippen molar-refractivity contribution in [1.29, 1.82) is 5.26 Å². The second-order valence-corrected chi connectivity index (χ2v) is 14.2. The molecule has 11 aromatic rings. The molecule has 0 aliphatic carbocycles. The van der Waals surface area contributed by atoms with Crippen molar-refractivity contribution in [1.82, 2.24) is 14.5 Å². The lowest BCUT2D eigenvalue weighted by Gasteiger charge is -2.14. The van der Waals surface area contributed by atoms with Crippen LogP contribution < -0.4 is 0 Å². The van der Waals surface area contributed by atoms with Crippen LogP contribution in [-0.2, 0) is 0 Å². The van der Waals surface area contributed by atoms with Crippen LogP contribution in [0.1, 0.15) is 5.56 Å². The average Bonchev–Trinajstić information content (AvgIpc) is 3.91. The molecule has 0 N–H and O–H groups in total. The van der Waals surface area contributed by atoms with Crippen molar-refractivity contribution in [2.24, 2.45) is 0 Å². The van der Waals surface area contributed by atoms with E-state index >= 15 is 0 Å². The monoisotopic (exact) mass is 694 g/mol. The third-order valence-corrected chi connectivity index (χ3v) is 11.5. The molecule has 7 aromatic carbocycles. The second-order valence-electron chi connectivity index (χ2n) is 13.2. The molecule has 6 heteroatoms. The highest BCUT2D eigenvalue weighted by molar-refractivity contribution is 7.26. The molecule has 0 bridgehead atoms. The van der Waals surface area contributed by atoms with Gasteiger partial charge in [0.15, 0.2) is 5.82 Å². The van der Waals surface area contributed by atoms with Crippen LogP contribution in [0.3, 0.4) is 0 Å². The summed E-state index contributed by atoms with van der Waals surface area (Å²) >= 11 is 1.85. The van der Waals surface area contributed by atoms with E-state index in [1.807, 2.05) is 84.1 Å². The molecular weight excluding hydrogens is 669 g/mol. The number of rotatable bonds is 4. The molecule has 4 heterocycles. The predicted octanol–water partition coefficient (Wildman–Crippen LogP) is 12.7. The van der Waals surface area contributed by atoms with Gasteiger partial charge < -0.3 is 8.98 Å². The first kappa shape index (κ1) is 29.6. The molecular formula is C47H26N4OS. The summed E-state index contributed by atoms with van der Waals surface area (Å²) in [5.41, 5.74) is 8.80. The maximum atomic E-state index is 10.5. The third-order valence-electron chi connectivity index (χ3n) is 10.3. The average molecular weight is 695 g/mol. The highest BCUT2D eigenvalue weighted by Gasteiger charge is 2.25. The van der Waals surface area contributed by atoms with E-state index in [2.05, 4.69) is 95.6 Å². The third kappa shape index (κ3) is 4.35. The SMILES string of the molecule is N#Cc1c(-c2ccccc2)nc(-c2ccc(-n3c4ccccc4c4c5sc6ccccc6c5ccc43)c3c2oc2ccccc23)nc1-c1ccccc1. The zero-order valence-corrected chi connectivity index (χ0v) is 28.9. The summed E-state index contributed by atoms with van der Waals surface area (Å²) in [5, 5.41) is 17.5. The van der Waals surface area contributed by atoms with Crippen LogP contribution in [0.25, 0.3) is 104 Å². The summed E-state index contributed by atoms with van der Waals surface area (Å²) in [5.74, 6) is 0.492. The minimum atomic E-state index is 0.432. The van der Waals surface area contributed by atoms with Crippen LogP contribution >= 0.6 is 11.3 Å². The number of para-hydroxylation sites is 2. The molecule has 246 valence electrons. The Morgan fingerprint density at radius 2 is 1.19 bits per heavy atom. The van der Waals surface area contributed by atoms with Crippen molar-refractivity contribution >= 4 is 75.3 Å². The highest BCUT2D eigenvalue weighted by atomic mass is 32.1. The Morgan fingerprint density at radius 3 is 1.92 bits per heavy atom. The summed E-state index contributed by atoms with van der Waals surface area (Å²) < 4.78 is 11.8. The van der Waals surface area contributed by atoms with Gasteiger partial charge in [-0.05, 0) is 36.4 Å². The number of fused-ring (bicyclic) bond motifs is 10. The van der Waals surface area contributed by atoms with Gasteiger partial charge in [0, 0.05) is 47.5 Å². The number of benzene rings is 7.